The number of nitrogens with zero attached hydrogens (tertiary/aromatic N) is 2. The summed E-state index contributed by atoms with van der Waals surface area (Å²) in [5.41, 5.74) is 4.82. The molecule has 6 nitrogen and oxygen atoms in total. The zero-order valence-electron chi connectivity index (χ0n) is 15.2. The highest BCUT2D eigenvalue weighted by molar-refractivity contribution is 6.04. The van der Waals surface area contributed by atoms with E-state index in [2.05, 4.69) is 15.7 Å². The Morgan fingerprint density at radius 2 is 1.93 bits per heavy atom. The second-order valence-electron chi connectivity index (χ2n) is 6.77. The van der Waals surface area contributed by atoms with Crippen molar-refractivity contribution in [2.45, 2.75) is 26.3 Å². The predicted molar refractivity (Wildman–Crippen MR) is 104 cm³/mol. The minimum atomic E-state index is -0.649. The van der Waals surface area contributed by atoms with E-state index in [1.165, 1.54) is 0 Å². The molecular weight excluding hydrogens is 340 g/mol. The van der Waals surface area contributed by atoms with Crippen LogP contribution in [0.3, 0.4) is 0 Å². The third-order valence-electron chi connectivity index (χ3n) is 4.89. The molecule has 1 aliphatic heterocycles. The second-order valence-corrected chi connectivity index (χ2v) is 6.77. The first-order chi connectivity index (χ1) is 13.0. The van der Waals surface area contributed by atoms with Crippen LogP contribution in [-0.4, -0.2) is 21.6 Å². The van der Waals surface area contributed by atoms with Crippen molar-refractivity contribution in [1.82, 2.24) is 9.78 Å². The van der Waals surface area contributed by atoms with Crippen molar-refractivity contribution in [3.8, 4) is 11.1 Å². The molecule has 3 aromatic rings. The molecule has 0 fully saturated rings. The maximum atomic E-state index is 12.5. The van der Waals surface area contributed by atoms with Gasteiger partial charge >= 0.3 is 0 Å². The molecule has 4 rings (SSSR count). The summed E-state index contributed by atoms with van der Waals surface area (Å²) in [6.45, 7) is 4.02. The Morgan fingerprint density at radius 1 is 1.15 bits per heavy atom. The van der Waals surface area contributed by atoms with E-state index in [4.69, 9.17) is 0 Å². The molecule has 1 atom stereocenters. The Balaban J connectivity index is 1.52. The summed E-state index contributed by atoms with van der Waals surface area (Å²) in [5.74, 6) is 0.198. The van der Waals surface area contributed by atoms with E-state index in [0.29, 0.717) is 5.82 Å². The largest absolute Gasteiger partial charge is 0.326 e. The Bertz CT molecular complexity index is 1020. The van der Waals surface area contributed by atoms with Crippen molar-refractivity contribution in [2.24, 2.45) is 0 Å². The highest BCUT2D eigenvalue weighted by Crippen LogP contribution is 2.35. The zero-order chi connectivity index (χ0) is 19.0. The van der Waals surface area contributed by atoms with Crippen molar-refractivity contribution in [1.29, 1.82) is 0 Å². The van der Waals surface area contributed by atoms with Gasteiger partial charge in [-0.1, -0.05) is 36.4 Å². The molecule has 27 heavy (non-hydrogen) atoms. The third-order valence-corrected chi connectivity index (χ3v) is 4.89. The number of benzene rings is 2. The van der Waals surface area contributed by atoms with E-state index in [-0.39, 0.29) is 18.2 Å². The molecule has 1 aliphatic rings. The van der Waals surface area contributed by atoms with Crippen molar-refractivity contribution in [3.05, 3.63) is 65.9 Å². The molecule has 136 valence electrons. The smallest absolute Gasteiger partial charge is 0.251 e. The Hall–Kier alpha value is -3.41. The molecular formula is C21H20N4O2. The third kappa shape index (κ3) is 3.21. The maximum Gasteiger partial charge on any atom is 0.251 e. The number of nitrogens with one attached hydrogen (secondary N) is 2. The van der Waals surface area contributed by atoms with Crippen molar-refractivity contribution in [2.75, 3.05) is 10.6 Å². The van der Waals surface area contributed by atoms with Gasteiger partial charge in [-0.05, 0) is 42.7 Å². The highest BCUT2D eigenvalue weighted by Gasteiger charge is 2.35. The molecule has 0 radical (unpaired) electrons. The lowest BCUT2D eigenvalue weighted by Gasteiger charge is -2.11. The lowest BCUT2D eigenvalue weighted by molar-refractivity contribution is -0.123. The fourth-order valence-electron chi connectivity index (χ4n) is 3.25. The summed E-state index contributed by atoms with van der Waals surface area (Å²) in [5, 5.41) is 10.1. The van der Waals surface area contributed by atoms with Gasteiger partial charge in [0, 0.05) is 11.3 Å². The average molecular weight is 360 g/mol. The summed E-state index contributed by atoms with van der Waals surface area (Å²) in [6.07, 6.45) is 1.75. The monoisotopic (exact) mass is 360 g/mol. The van der Waals surface area contributed by atoms with E-state index >= 15 is 0 Å². The molecule has 0 bridgehead atoms. The number of fused-ring (bicyclic) bond motifs is 1. The van der Waals surface area contributed by atoms with Gasteiger partial charge in [-0.2, -0.15) is 5.10 Å². The fourth-order valence-corrected chi connectivity index (χ4v) is 3.25. The molecule has 0 aliphatic carbocycles. The Labute approximate surface area is 157 Å². The van der Waals surface area contributed by atoms with Gasteiger partial charge in [0.05, 0.1) is 12.6 Å². The molecule has 2 aromatic carbocycles. The molecule has 2 heterocycles. The van der Waals surface area contributed by atoms with Crippen molar-refractivity contribution < 1.29 is 9.59 Å². The molecule has 6 heteroatoms. The standard InChI is InChI=1S/C21H20N4O2/c1-13-8-9-16(10-14(13)2)23-19(26)11-18-21(27)24-20-17(12-22-25(18)20)15-6-4-3-5-7-15/h3-10,12,18H,11H2,1-2H3,(H,23,26)(H,24,27). The van der Waals surface area contributed by atoms with Gasteiger partial charge in [0.25, 0.3) is 5.91 Å². The van der Waals surface area contributed by atoms with Gasteiger partial charge in [0.15, 0.2) is 0 Å². The van der Waals surface area contributed by atoms with Crippen molar-refractivity contribution >= 4 is 23.3 Å². The fraction of sp³-hybridized carbons (Fsp3) is 0.190. The maximum absolute atomic E-state index is 12.5. The van der Waals surface area contributed by atoms with Gasteiger partial charge in [0.2, 0.25) is 5.91 Å². The number of anilines is 2. The summed E-state index contributed by atoms with van der Waals surface area (Å²) < 4.78 is 1.60. The van der Waals surface area contributed by atoms with E-state index < -0.39 is 6.04 Å². The number of rotatable bonds is 4. The number of hydrogen-bond donors (Lipinski definition) is 2. The normalized spacial score (nSPS) is 15.3. The molecule has 0 spiro atoms. The molecule has 1 unspecified atom stereocenters. The van der Waals surface area contributed by atoms with Gasteiger partial charge in [-0.15, -0.1) is 0 Å². The average Bonchev–Trinajstić information content (AvgIpc) is 3.19. The van der Waals surface area contributed by atoms with Gasteiger partial charge < -0.3 is 10.6 Å². The van der Waals surface area contributed by atoms with Gasteiger partial charge in [0.1, 0.15) is 11.9 Å². The van der Waals surface area contributed by atoms with Crippen LogP contribution in [0.25, 0.3) is 11.1 Å². The summed E-state index contributed by atoms with van der Waals surface area (Å²) in [7, 11) is 0. The number of carbonyl (C=O) groups is 2. The van der Waals surface area contributed by atoms with Crippen LogP contribution in [0.2, 0.25) is 0 Å². The summed E-state index contributed by atoms with van der Waals surface area (Å²) in [6, 6.07) is 14.8. The molecule has 0 saturated heterocycles. The van der Waals surface area contributed by atoms with Gasteiger partial charge in [-0.3, -0.25) is 9.59 Å². The van der Waals surface area contributed by atoms with E-state index in [1.54, 1.807) is 10.9 Å². The van der Waals surface area contributed by atoms with Crippen LogP contribution in [0.15, 0.2) is 54.7 Å². The summed E-state index contributed by atoms with van der Waals surface area (Å²) in [4.78, 5) is 24.9. The van der Waals surface area contributed by atoms with Crippen LogP contribution in [0.5, 0.6) is 0 Å². The number of carbonyl (C=O) groups excluding carboxylic acids is 2. The second kappa shape index (κ2) is 6.72. The first kappa shape index (κ1) is 17.0. The van der Waals surface area contributed by atoms with Crippen LogP contribution in [0.1, 0.15) is 23.6 Å². The Kier molecular flexibility index (Phi) is 4.24. The van der Waals surface area contributed by atoms with E-state index in [9.17, 15) is 9.59 Å². The lowest BCUT2D eigenvalue weighted by atomic mass is 10.1. The van der Waals surface area contributed by atoms with Crippen LogP contribution in [0.4, 0.5) is 11.5 Å². The molecule has 1 aromatic heterocycles. The topological polar surface area (TPSA) is 76.0 Å². The number of amides is 2. The van der Waals surface area contributed by atoms with Crippen LogP contribution >= 0.6 is 0 Å². The summed E-state index contributed by atoms with van der Waals surface area (Å²) >= 11 is 0. The van der Waals surface area contributed by atoms with E-state index in [0.717, 1.165) is 27.9 Å². The molecule has 2 N–H and O–H groups in total. The van der Waals surface area contributed by atoms with Gasteiger partial charge in [-0.25, -0.2) is 4.68 Å². The van der Waals surface area contributed by atoms with E-state index in [1.807, 2.05) is 62.4 Å². The first-order valence-corrected chi connectivity index (χ1v) is 8.84. The molecule has 0 saturated carbocycles. The minimum absolute atomic E-state index is 0.0294. The predicted octanol–water partition coefficient (Wildman–Crippen LogP) is 3.69. The zero-order valence-corrected chi connectivity index (χ0v) is 15.2. The van der Waals surface area contributed by atoms with Crippen LogP contribution < -0.4 is 10.6 Å². The minimum Gasteiger partial charge on any atom is -0.326 e. The lowest BCUT2D eigenvalue weighted by Crippen LogP contribution is -2.23. The Morgan fingerprint density at radius 3 is 2.67 bits per heavy atom. The van der Waals surface area contributed by atoms with Crippen molar-refractivity contribution in [3.63, 3.8) is 0 Å². The van der Waals surface area contributed by atoms with Crippen LogP contribution in [-0.2, 0) is 9.59 Å². The number of aryl methyl sites for hydroxylation is 2. The number of aromatic nitrogens is 2. The molecule has 2 amide bonds. The first-order valence-electron chi connectivity index (χ1n) is 8.84. The number of hydrogen-bond acceptors (Lipinski definition) is 3. The van der Waals surface area contributed by atoms with Crippen LogP contribution in [0, 0.1) is 13.8 Å². The highest BCUT2D eigenvalue weighted by atomic mass is 16.2. The SMILES string of the molecule is Cc1ccc(NC(=O)CC2C(=O)Nc3c(-c4ccccc4)cnn32)cc1C. The quantitative estimate of drug-likeness (QED) is 0.745.